The van der Waals surface area contributed by atoms with E-state index in [1.165, 1.54) is 56.9 Å². The fourth-order valence-electron chi connectivity index (χ4n) is 3.88. The predicted molar refractivity (Wildman–Crippen MR) is 104 cm³/mol. The Morgan fingerprint density at radius 3 is 2.44 bits per heavy atom. The van der Waals surface area contributed by atoms with Gasteiger partial charge in [-0.3, -0.25) is 0 Å². The molecule has 3 rings (SSSR count). The molecule has 0 amide bonds. The van der Waals surface area contributed by atoms with Crippen LogP contribution in [0.2, 0.25) is 0 Å². The third-order valence-corrected chi connectivity index (χ3v) is 5.96. The Labute approximate surface area is 158 Å². The Balaban J connectivity index is 1.59. The maximum atomic E-state index is 13.6. The van der Waals surface area contributed by atoms with Crippen molar-refractivity contribution in [3.05, 3.63) is 46.6 Å². The number of unbranched alkanes of at least 4 members (excludes halogenated alkanes) is 2. The number of benzene rings is 1. The Morgan fingerprint density at radius 2 is 1.80 bits per heavy atom. The number of hydrogen-bond donors (Lipinski definition) is 0. The molecule has 1 aliphatic carbocycles. The minimum Gasteiger partial charge on any atom is -0.242 e. The number of nitrogens with zero attached hydrogens (tertiary/aromatic N) is 2. The molecule has 0 atom stereocenters. The van der Waals surface area contributed by atoms with Crippen LogP contribution < -0.4 is 0 Å². The minimum absolute atomic E-state index is 0.156. The van der Waals surface area contributed by atoms with E-state index >= 15 is 0 Å². The summed E-state index contributed by atoms with van der Waals surface area (Å²) in [5.74, 6) is 1.04. The standard InChI is InChI=1S/C21H26BrFN2/c1-2-3-4-5-15-6-8-16(9-7-15)17-10-12-18(13-11-17)19-14-24-20(22)21(23)25-19/h10-16H,2-9H2,1H3. The lowest BCUT2D eigenvalue weighted by molar-refractivity contribution is 0.303. The van der Waals surface area contributed by atoms with Gasteiger partial charge in [0.15, 0.2) is 4.60 Å². The van der Waals surface area contributed by atoms with Crippen LogP contribution in [0.3, 0.4) is 0 Å². The van der Waals surface area contributed by atoms with E-state index in [9.17, 15) is 4.39 Å². The van der Waals surface area contributed by atoms with Crippen LogP contribution in [-0.2, 0) is 0 Å². The molecule has 2 nitrogen and oxygen atoms in total. The van der Waals surface area contributed by atoms with Crippen LogP contribution in [0.15, 0.2) is 35.1 Å². The van der Waals surface area contributed by atoms with Crippen LogP contribution in [0.5, 0.6) is 0 Å². The Kier molecular flexibility index (Phi) is 6.57. The molecule has 1 fully saturated rings. The van der Waals surface area contributed by atoms with Crippen LogP contribution in [0, 0.1) is 11.9 Å². The Hall–Kier alpha value is -1.29. The highest BCUT2D eigenvalue weighted by Crippen LogP contribution is 2.38. The van der Waals surface area contributed by atoms with Gasteiger partial charge in [-0.15, -0.1) is 0 Å². The van der Waals surface area contributed by atoms with Gasteiger partial charge in [0, 0.05) is 5.56 Å². The predicted octanol–water partition coefficient (Wildman–Crippen LogP) is 6.90. The van der Waals surface area contributed by atoms with Gasteiger partial charge >= 0.3 is 0 Å². The van der Waals surface area contributed by atoms with Gasteiger partial charge in [-0.25, -0.2) is 9.97 Å². The maximum Gasteiger partial charge on any atom is 0.246 e. The van der Waals surface area contributed by atoms with Gasteiger partial charge in [-0.2, -0.15) is 4.39 Å². The van der Waals surface area contributed by atoms with Crippen molar-refractivity contribution in [1.82, 2.24) is 9.97 Å². The summed E-state index contributed by atoms with van der Waals surface area (Å²) in [5, 5.41) is 0. The molecule has 0 saturated heterocycles. The van der Waals surface area contributed by atoms with Crippen LogP contribution in [0.4, 0.5) is 4.39 Å². The van der Waals surface area contributed by atoms with Gasteiger partial charge in [0.05, 0.1) is 11.9 Å². The van der Waals surface area contributed by atoms with E-state index in [1.54, 1.807) is 6.20 Å². The van der Waals surface area contributed by atoms with Crippen molar-refractivity contribution >= 4 is 15.9 Å². The van der Waals surface area contributed by atoms with Crippen molar-refractivity contribution in [3.63, 3.8) is 0 Å². The second-order valence-corrected chi connectivity index (χ2v) is 7.92. The fourth-order valence-corrected chi connectivity index (χ4v) is 4.08. The highest BCUT2D eigenvalue weighted by molar-refractivity contribution is 9.10. The highest BCUT2D eigenvalue weighted by Gasteiger charge is 2.22. The summed E-state index contributed by atoms with van der Waals surface area (Å²) in [6.45, 7) is 2.27. The van der Waals surface area contributed by atoms with Crippen LogP contribution in [0.25, 0.3) is 11.3 Å². The third-order valence-electron chi connectivity index (χ3n) is 5.43. The van der Waals surface area contributed by atoms with E-state index in [1.807, 2.05) is 12.1 Å². The topological polar surface area (TPSA) is 25.8 Å². The van der Waals surface area contributed by atoms with Gasteiger partial charge in [-0.05, 0) is 59.0 Å². The lowest BCUT2D eigenvalue weighted by Gasteiger charge is -2.29. The SMILES string of the molecule is CCCCCC1CCC(c2ccc(-c3cnc(Br)c(F)n3)cc2)CC1. The zero-order valence-corrected chi connectivity index (χ0v) is 16.4. The summed E-state index contributed by atoms with van der Waals surface area (Å²) < 4.78 is 13.7. The summed E-state index contributed by atoms with van der Waals surface area (Å²) in [7, 11) is 0. The molecule has 1 aliphatic rings. The zero-order valence-electron chi connectivity index (χ0n) is 14.8. The van der Waals surface area contributed by atoms with Gasteiger partial charge in [0.25, 0.3) is 0 Å². The number of hydrogen-bond acceptors (Lipinski definition) is 2. The van der Waals surface area contributed by atoms with E-state index in [2.05, 4.69) is 45.0 Å². The van der Waals surface area contributed by atoms with Gasteiger partial charge in [-0.1, -0.05) is 56.9 Å². The smallest absolute Gasteiger partial charge is 0.242 e. The van der Waals surface area contributed by atoms with Crippen LogP contribution >= 0.6 is 15.9 Å². The number of halogens is 2. The number of aromatic nitrogens is 2. The molecule has 1 aromatic carbocycles. The zero-order chi connectivity index (χ0) is 17.6. The van der Waals surface area contributed by atoms with Crippen molar-refractivity contribution in [2.24, 2.45) is 5.92 Å². The Bertz CT molecular complexity index is 679. The Morgan fingerprint density at radius 1 is 1.08 bits per heavy atom. The van der Waals surface area contributed by atoms with Crippen molar-refractivity contribution < 1.29 is 4.39 Å². The second-order valence-electron chi connectivity index (χ2n) is 7.17. The molecule has 134 valence electrons. The van der Waals surface area contributed by atoms with Crippen molar-refractivity contribution in [2.45, 2.75) is 64.2 Å². The first-order valence-corrected chi connectivity index (χ1v) is 10.2. The second kappa shape index (κ2) is 8.88. The molecule has 25 heavy (non-hydrogen) atoms. The largest absolute Gasteiger partial charge is 0.246 e. The first-order chi connectivity index (χ1) is 12.2. The average Bonchev–Trinajstić information content (AvgIpc) is 2.65. The maximum absolute atomic E-state index is 13.6. The highest BCUT2D eigenvalue weighted by atomic mass is 79.9. The molecule has 0 radical (unpaired) electrons. The first kappa shape index (κ1) is 18.5. The first-order valence-electron chi connectivity index (χ1n) is 9.45. The van der Waals surface area contributed by atoms with E-state index in [4.69, 9.17) is 0 Å². The molecule has 0 unspecified atom stereocenters. The molecule has 1 saturated carbocycles. The molecular weight excluding hydrogens is 379 g/mol. The lowest BCUT2D eigenvalue weighted by atomic mass is 9.77. The number of rotatable bonds is 6. The minimum atomic E-state index is -0.567. The molecule has 0 N–H and O–H groups in total. The monoisotopic (exact) mass is 404 g/mol. The van der Waals surface area contributed by atoms with E-state index in [0.29, 0.717) is 11.6 Å². The van der Waals surface area contributed by atoms with E-state index < -0.39 is 5.95 Å². The molecule has 1 heterocycles. The van der Waals surface area contributed by atoms with Gasteiger partial charge in [0.2, 0.25) is 5.95 Å². The molecular formula is C21H26BrFN2. The molecule has 0 aliphatic heterocycles. The summed E-state index contributed by atoms with van der Waals surface area (Å²) >= 11 is 3.04. The van der Waals surface area contributed by atoms with Crippen molar-refractivity contribution in [1.29, 1.82) is 0 Å². The van der Waals surface area contributed by atoms with E-state index in [0.717, 1.165) is 11.5 Å². The normalized spacial score (nSPS) is 20.6. The lowest BCUT2D eigenvalue weighted by Crippen LogP contribution is -2.13. The quantitative estimate of drug-likeness (QED) is 0.489. The van der Waals surface area contributed by atoms with Gasteiger partial charge < -0.3 is 0 Å². The van der Waals surface area contributed by atoms with Crippen LogP contribution in [0.1, 0.15) is 69.8 Å². The van der Waals surface area contributed by atoms with Crippen LogP contribution in [-0.4, -0.2) is 9.97 Å². The third kappa shape index (κ3) is 4.87. The molecule has 0 spiro atoms. The summed E-state index contributed by atoms with van der Waals surface area (Å²) in [5.41, 5.74) is 2.89. The molecule has 0 bridgehead atoms. The summed E-state index contributed by atoms with van der Waals surface area (Å²) in [4.78, 5) is 7.94. The van der Waals surface area contributed by atoms with E-state index in [-0.39, 0.29) is 4.60 Å². The molecule has 4 heteroatoms. The average molecular weight is 405 g/mol. The molecule has 1 aromatic heterocycles. The van der Waals surface area contributed by atoms with Crippen molar-refractivity contribution in [2.75, 3.05) is 0 Å². The summed E-state index contributed by atoms with van der Waals surface area (Å²) in [6, 6.07) is 8.44. The fraction of sp³-hybridized carbons (Fsp3) is 0.524. The van der Waals surface area contributed by atoms with Crippen molar-refractivity contribution in [3.8, 4) is 11.3 Å². The van der Waals surface area contributed by atoms with Gasteiger partial charge in [0.1, 0.15) is 0 Å². The molecule has 2 aromatic rings. The summed E-state index contributed by atoms with van der Waals surface area (Å²) in [6.07, 6.45) is 12.4.